The number of amides is 1. The number of nitrogens with zero attached hydrogens (tertiary/aromatic N) is 1. The number of rotatable bonds is 7. The average Bonchev–Trinajstić information content (AvgIpc) is 2.56. The molecular weight excluding hydrogens is 322 g/mol. The fourth-order valence-electron chi connectivity index (χ4n) is 5.78. The second-order valence-corrected chi connectivity index (χ2v) is 8.31. The number of ether oxygens (including phenoxy) is 2. The Morgan fingerprint density at radius 1 is 0.920 bits per heavy atom. The summed E-state index contributed by atoms with van der Waals surface area (Å²) in [5.74, 6) is 1.48. The Morgan fingerprint density at radius 3 is 1.92 bits per heavy atom. The van der Waals surface area contributed by atoms with Gasteiger partial charge in [-0.1, -0.05) is 0 Å². The van der Waals surface area contributed by atoms with Gasteiger partial charge < -0.3 is 14.4 Å². The van der Waals surface area contributed by atoms with Crippen LogP contribution in [-0.2, 0) is 23.9 Å². The predicted octanol–water partition coefficient (Wildman–Crippen LogP) is 2.16. The third-order valence-electron chi connectivity index (χ3n) is 6.41. The predicted molar refractivity (Wildman–Crippen MR) is 90.5 cm³/mol. The fourth-order valence-corrected chi connectivity index (χ4v) is 5.78. The molecule has 4 aliphatic rings. The second-order valence-electron chi connectivity index (χ2n) is 8.31. The lowest BCUT2D eigenvalue weighted by atomic mass is 9.49. The van der Waals surface area contributed by atoms with Crippen molar-refractivity contribution in [2.45, 2.75) is 51.4 Å². The van der Waals surface area contributed by atoms with Gasteiger partial charge in [-0.05, 0) is 61.7 Å². The summed E-state index contributed by atoms with van der Waals surface area (Å²) in [4.78, 5) is 37.5. The summed E-state index contributed by atoms with van der Waals surface area (Å²) in [6, 6.07) is 0. The van der Waals surface area contributed by atoms with Crippen molar-refractivity contribution in [3.05, 3.63) is 0 Å². The Balaban J connectivity index is 1.64. The van der Waals surface area contributed by atoms with Gasteiger partial charge in [0, 0.05) is 13.0 Å². The molecule has 4 fully saturated rings. The van der Waals surface area contributed by atoms with E-state index in [2.05, 4.69) is 4.74 Å². The maximum atomic E-state index is 12.9. The van der Waals surface area contributed by atoms with Crippen LogP contribution >= 0.6 is 0 Å². The minimum Gasteiger partial charge on any atom is -0.469 e. The summed E-state index contributed by atoms with van der Waals surface area (Å²) in [5, 5.41) is 0. The number of hydrogen-bond donors (Lipinski definition) is 0. The first-order chi connectivity index (χ1) is 11.9. The zero-order valence-electron chi connectivity index (χ0n) is 15.3. The lowest BCUT2D eigenvalue weighted by Crippen LogP contribution is -2.49. The Hall–Kier alpha value is -1.59. The molecule has 6 heteroatoms. The third-order valence-corrected chi connectivity index (χ3v) is 6.41. The van der Waals surface area contributed by atoms with Crippen molar-refractivity contribution >= 4 is 17.8 Å². The van der Waals surface area contributed by atoms with Gasteiger partial charge in [0.25, 0.3) is 0 Å². The minimum absolute atomic E-state index is 0.0312. The van der Waals surface area contributed by atoms with E-state index in [1.165, 1.54) is 38.4 Å². The first kappa shape index (κ1) is 18.2. The van der Waals surface area contributed by atoms with Gasteiger partial charge in [-0.3, -0.25) is 14.4 Å². The highest BCUT2D eigenvalue weighted by atomic mass is 16.5. The molecule has 4 bridgehead atoms. The van der Waals surface area contributed by atoms with Crippen LogP contribution in [0.3, 0.4) is 0 Å². The number of carbonyl (C=O) groups is 3. The van der Waals surface area contributed by atoms with Crippen molar-refractivity contribution in [1.29, 1.82) is 0 Å². The molecule has 0 unspecified atom stereocenters. The molecule has 0 spiro atoms. The summed E-state index contributed by atoms with van der Waals surface area (Å²) in [7, 11) is 2.63. The van der Waals surface area contributed by atoms with Crippen molar-refractivity contribution in [2.24, 2.45) is 23.2 Å². The van der Waals surface area contributed by atoms with Gasteiger partial charge in [-0.25, -0.2) is 0 Å². The maximum absolute atomic E-state index is 12.9. The van der Waals surface area contributed by atoms with E-state index in [1.807, 2.05) is 0 Å². The summed E-state index contributed by atoms with van der Waals surface area (Å²) in [5.41, 5.74) is 0.117. The van der Waals surface area contributed by atoms with Crippen LogP contribution in [0.15, 0.2) is 0 Å². The lowest BCUT2D eigenvalue weighted by molar-refractivity contribution is -0.151. The molecule has 0 N–H and O–H groups in total. The molecule has 0 aromatic carbocycles. The largest absolute Gasteiger partial charge is 0.469 e. The van der Waals surface area contributed by atoms with Gasteiger partial charge in [-0.2, -0.15) is 0 Å². The zero-order chi connectivity index (χ0) is 18.0. The highest BCUT2D eigenvalue weighted by molar-refractivity contribution is 5.83. The molecule has 0 radical (unpaired) electrons. The Labute approximate surface area is 149 Å². The quantitative estimate of drug-likeness (QED) is 0.657. The number of carbonyl (C=O) groups excluding carboxylic acids is 3. The van der Waals surface area contributed by atoms with E-state index in [0.717, 1.165) is 37.0 Å². The zero-order valence-corrected chi connectivity index (χ0v) is 15.3. The topological polar surface area (TPSA) is 72.9 Å². The molecule has 0 saturated heterocycles. The maximum Gasteiger partial charge on any atom is 0.325 e. The molecule has 4 saturated carbocycles. The highest BCUT2D eigenvalue weighted by Gasteiger charge is 2.51. The van der Waals surface area contributed by atoms with Gasteiger partial charge in [0.1, 0.15) is 6.54 Å². The molecule has 140 valence electrons. The van der Waals surface area contributed by atoms with Crippen molar-refractivity contribution in [2.75, 3.05) is 27.3 Å². The van der Waals surface area contributed by atoms with E-state index in [4.69, 9.17) is 4.74 Å². The van der Waals surface area contributed by atoms with Crippen LogP contribution in [0.1, 0.15) is 51.4 Å². The molecule has 0 aromatic rings. The van der Waals surface area contributed by atoms with Gasteiger partial charge in [0.15, 0.2) is 0 Å². The monoisotopic (exact) mass is 351 g/mol. The van der Waals surface area contributed by atoms with Gasteiger partial charge >= 0.3 is 11.9 Å². The first-order valence-corrected chi connectivity index (χ1v) is 9.34. The van der Waals surface area contributed by atoms with Crippen molar-refractivity contribution < 1.29 is 23.9 Å². The fraction of sp³-hybridized carbons (Fsp3) is 0.842. The van der Waals surface area contributed by atoms with E-state index in [9.17, 15) is 14.4 Å². The van der Waals surface area contributed by atoms with E-state index >= 15 is 0 Å². The average molecular weight is 351 g/mol. The molecule has 4 aliphatic carbocycles. The van der Waals surface area contributed by atoms with Crippen LogP contribution in [-0.4, -0.2) is 50.1 Å². The second kappa shape index (κ2) is 7.34. The normalized spacial score (nSPS) is 32.3. The lowest BCUT2D eigenvalue weighted by Gasteiger charge is -2.57. The van der Waals surface area contributed by atoms with E-state index in [-0.39, 0.29) is 36.8 Å². The Kier molecular flexibility index (Phi) is 5.35. The Bertz CT molecular complexity index is 509. The first-order valence-electron chi connectivity index (χ1n) is 9.34. The number of methoxy groups -OCH3 is 2. The molecule has 0 atom stereocenters. The molecule has 4 rings (SSSR count). The molecule has 0 aliphatic heterocycles. The summed E-state index contributed by atoms with van der Waals surface area (Å²) in [6.45, 7) is 0.103. The molecular formula is C19H29NO5. The van der Waals surface area contributed by atoms with Gasteiger partial charge in [0.2, 0.25) is 5.91 Å². The van der Waals surface area contributed by atoms with Crippen molar-refractivity contribution in [3.63, 3.8) is 0 Å². The summed E-state index contributed by atoms with van der Waals surface area (Å²) < 4.78 is 9.36. The minimum atomic E-state index is -0.455. The smallest absolute Gasteiger partial charge is 0.325 e. The van der Waals surface area contributed by atoms with Gasteiger partial charge in [0.05, 0.1) is 20.6 Å². The SMILES string of the molecule is COC(=O)CCN(CC(=O)OC)C(=O)CC12CC3CC(CC(C3)C1)C2. The van der Waals surface area contributed by atoms with Crippen LogP contribution in [0, 0.1) is 23.2 Å². The van der Waals surface area contributed by atoms with Crippen molar-refractivity contribution in [3.8, 4) is 0 Å². The third kappa shape index (κ3) is 4.15. The van der Waals surface area contributed by atoms with E-state index < -0.39 is 5.97 Å². The van der Waals surface area contributed by atoms with Crippen LogP contribution in [0.25, 0.3) is 0 Å². The van der Waals surface area contributed by atoms with Crippen LogP contribution < -0.4 is 0 Å². The molecule has 6 nitrogen and oxygen atoms in total. The Morgan fingerprint density at radius 2 is 1.44 bits per heavy atom. The van der Waals surface area contributed by atoms with E-state index in [1.54, 1.807) is 0 Å². The van der Waals surface area contributed by atoms with Crippen LogP contribution in [0.4, 0.5) is 0 Å². The van der Waals surface area contributed by atoms with E-state index in [0.29, 0.717) is 6.42 Å². The van der Waals surface area contributed by atoms with Gasteiger partial charge in [-0.15, -0.1) is 0 Å². The van der Waals surface area contributed by atoms with Crippen LogP contribution in [0.5, 0.6) is 0 Å². The van der Waals surface area contributed by atoms with Crippen LogP contribution in [0.2, 0.25) is 0 Å². The standard InChI is InChI=1S/C19H29NO5/c1-24-17(22)3-4-20(12-18(23)25-2)16(21)11-19-8-13-5-14(9-19)7-15(6-13)10-19/h13-15H,3-12H2,1-2H3. The highest BCUT2D eigenvalue weighted by Crippen LogP contribution is 2.61. The molecule has 0 aromatic heterocycles. The number of hydrogen-bond acceptors (Lipinski definition) is 5. The summed E-state index contributed by atoms with van der Waals surface area (Å²) >= 11 is 0. The molecule has 1 amide bonds. The van der Waals surface area contributed by atoms with Crippen molar-refractivity contribution in [1.82, 2.24) is 4.90 Å². The summed E-state index contributed by atoms with van der Waals surface area (Å²) in [6.07, 6.45) is 8.04. The molecule has 25 heavy (non-hydrogen) atoms. The molecule has 0 heterocycles. The number of esters is 2.